The van der Waals surface area contributed by atoms with Crippen molar-refractivity contribution in [2.45, 2.75) is 6.61 Å². The Morgan fingerprint density at radius 1 is 0.846 bits per heavy atom. The van der Waals surface area contributed by atoms with E-state index < -0.39 is 17.8 Å². The van der Waals surface area contributed by atoms with Gasteiger partial charge < -0.3 is 18.9 Å². The van der Waals surface area contributed by atoms with Crippen LogP contribution in [0.4, 0.5) is 10.5 Å². The topological polar surface area (TPSA) is 103 Å². The Bertz CT molecular complexity index is 1510. The number of hydrogen-bond acceptors (Lipinski definition) is 7. The largest absolute Gasteiger partial charge is 0.495 e. The summed E-state index contributed by atoms with van der Waals surface area (Å²) < 4.78 is 21.8. The van der Waals surface area contributed by atoms with Gasteiger partial charge in [0.25, 0.3) is 11.8 Å². The molecule has 4 amide bonds. The van der Waals surface area contributed by atoms with Crippen LogP contribution in [0.3, 0.4) is 0 Å². The second-order valence-electron chi connectivity index (χ2n) is 8.07. The van der Waals surface area contributed by atoms with Crippen LogP contribution in [0.15, 0.2) is 54.1 Å². The SMILES string of the molecule is COc1cc(N2C(=O)NC(=O)/C(=C\c3cc(Cl)c(OCc4cccc(Cl)c4)c(OC)c3)C2=O)c(OC)cc1Cl. The average Bonchev–Trinajstić information content (AvgIpc) is 2.90. The molecule has 0 aliphatic carbocycles. The molecule has 1 fully saturated rings. The highest BCUT2D eigenvalue weighted by molar-refractivity contribution is 6.40. The molecule has 1 heterocycles. The van der Waals surface area contributed by atoms with Crippen LogP contribution in [-0.4, -0.2) is 39.2 Å². The maximum absolute atomic E-state index is 13.4. The molecule has 3 aromatic rings. The van der Waals surface area contributed by atoms with Gasteiger partial charge in [0.15, 0.2) is 11.5 Å². The first kappa shape index (κ1) is 28.1. The third kappa shape index (κ3) is 5.90. The standard InChI is InChI=1S/C27H21Cl3N2O7/c1-36-21-12-20(22(37-2)11-18(21)29)32-26(34)17(25(33)31-27(32)35)8-15-9-19(30)24(23(10-15)38-3)39-13-14-5-4-6-16(28)7-14/h4-12H,13H2,1-3H3,(H,31,33,35)/b17-8+. The number of urea groups is 1. The second-order valence-corrected chi connectivity index (χ2v) is 9.32. The summed E-state index contributed by atoms with van der Waals surface area (Å²) in [7, 11) is 4.15. The number of carbonyl (C=O) groups is 3. The highest BCUT2D eigenvalue weighted by Gasteiger charge is 2.38. The third-order valence-electron chi connectivity index (χ3n) is 5.63. The highest BCUT2D eigenvalue weighted by atomic mass is 35.5. The molecule has 4 rings (SSSR count). The molecule has 0 bridgehead atoms. The van der Waals surface area contributed by atoms with Crippen LogP contribution in [0.25, 0.3) is 6.08 Å². The van der Waals surface area contributed by atoms with E-state index >= 15 is 0 Å². The van der Waals surface area contributed by atoms with Crippen molar-refractivity contribution in [1.29, 1.82) is 0 Å². The lowest BCUT2D eigenvalue weighted by Gasteiger charge is -2.28. The van der Waals surface area contributed by atoms with E-state index in [2.05, 4.69) is 5.32 Å². The molecule has 1 saturated heterocycles. The zero-order valence-corrected chi connectivity index (χ0v) is 23.1. The molecule has 202 valence electrons. The van der Waals surface area contributed by atoms with Crippen molar-refractivity contribution in [2.75, 3.05) is 26.2 Å². The molecule has 1 aliphatic rings. The van der Waals surface area contributed by atoms with Gasteiger partial charge in [0.2, 0.25) is 0 Å². The number of rotatable bonds is 8. The van der Waals surface area contributed by atoms with Gasteiger partial charge in [0, 0.05) is 17.2 Å². The molecule has 0 atom stereocenters. The number of barbiturate groups is 1. The maximum atomic E-state index is 13.4. The minimum Gasteiger partial charge on any atom is -0.495 e. The van der Waals surface area contributed by atoms with E-state index in [1.165, 1.54) is 45.6 Å². The zero-order valence-electron chi connectivity index (χ0n) is 20.8. The number of hydrogen-bond donors (Lipinski definition) is 1. The summed E-state index contributed by atoms with van der Waals surface area (Å²) in [6, 6.07) is 12.0. The number of amides is 4. The van der Waals surface area contributed by atoms with Crippen molar-refractivity contribution in [3.63, 3.8) is 0 Å². The fraction of sp³-hybridized carbons (Fsp3) is 0.148. The van der Waals surface area contributed by atoms with Crippen molar-refractivity contribution in [3.8, 4) is 23.0 Å². The summed E-state index contributed by atoms with van der Waals surface area (Å²) >= 11 is 18.7. The van der Waals surface area contributed by atoms with E-state index in [0.717, 1.165) is 10.5 Å². The van der Waals surface area contributed by atoms with Gasteiger partial charge in [-0.2, -0.15) is 0 Å². The molecule has 12 heteroatoms. The summed E-state index contributed by atoms with van der Waals surface area (Å²) in [5, 5.41) is 3.10. The Balaban J connectivity index is 1.69. The number of carbonyl (C=O) groups excluding carboxylic acids is 3. The normalized spacial score (nSPS) is 14.4. The van der Waals surface area contributed by atoms with Crippen molar-refractivity contribution in [1.82, 2.24) is 5.32 Å². The predicted octanol–water partition coefficient (Wildman–Crippen LogP) is 5.92. The van der Waals surface area contributed by atoms with E-state index in [1.54, 1.807) is 24.3 Å². The van der Waals surface area contributed by atoms with Crippen LogP contribution in [0.1, 0.15) is 11.1 Å². The Morgan fingerprint density at radius 3 is 2.23 bits per heavy atom. The van der Waals surface area contributed by atoms with Crippen LogP contribution in [-0.2, 0) is 16.2 Å². The number of nitrogens with one attached hydrogen (secondary N) is 1. The number of halogens is 3. The van der Waals surface area contributed by atoms with Crippen LogP contribution in [0.5, 0.6) is 23.0 Å². The second kappa shape index (κ2) is 11.9. The van der Waals surface area contributed by atoms with E-state index in [0.29, 0.717) is 10.6 Å². The molecule has 9 nitrogen and oxygen atoms in total. The first-order valence-electron chi connectivity index (χ1n) is 11.2. The molecule has 1 N–H and O–H groups in total. The maximum Gasteiger partial charge on any atom is 0.336 e. The summed E-state index contributed by atoms with van der Waals surface area (Å²) in [4.78, 5) is 39.6. The molecular formula is C27H21Cl3N2O7. The molecule has 0 unspecified atom stereocenters. The lowest BCUT2D eigenvalue weighted by molar-refractivity contribution is -0.122. The number of nitrogens with zero attached hydrogens (tertiary/aromatic N) is 1. The van der Waals surface area contributed by atoms with Crippen molar-refractivity contribution >= 4 is 64.4 Å². The number of imide groups is 2. The molecular weight excluding hydrogens is 571 g/mol. The number of anilines is 1. The van der Waals surface area contributed by atoms with Crippen molar-refractivity contribution in [3.05, 3.63) is 80.3 Å². The van der Waals surface area contributed by atoms with E-state index in [-0.39, 0.29) is 50.9 Å². The van der Waals surface area contributed by atoms with E-state index in [9.17, 15) is 14.4 Å². The zero-order chi connectivity index (χ0) is 28.3. The molecule has 3 aromatic carbocycles. The monoisotopic (exact) mass is 590 g/mol. The number of methoxy groups -OCH3 is 3. The molecule has 0 spiro atoms. The fourth-order valence-corrected chi connectivity index (χ4v) is 4.52. The quantitative estimate of drug-likeness (QED) is 0.256. The van der Waals surface area contributed by atoms with Crippen LogP contribution in [0.2, 0.25) is 15.1 Å². The van der Waals surface area contributed by atoms with Gasteiger partial charge in [-0.05, 0) is 41.5 Å². The van der Waals surface area contributed by atoms with Crippen molar-refractivity contribution < 1.29 is 33.3 Å². The van der Waals surface area contributed by atoms with Gasteiger partial charge >= 0.3 is 6.03 Å². The molecule has 0 aromatic heterocycles. The summed E-state index contributed by atoms with van der Waals surface area (Å²) in [5.74, 6) is -0.961. The van der Waals surface area contributed by atoms with Crippen molar-refractivity contribution in [2.24, 2.45) is 0 Å². The molecule has 0 saturated carbocycles. The Morgan fingerprint density at radius 2 is 1.56 bits per heavy atom. The molecule has 1 aliphatic heterocycles. The first-order chi connectivity index (χ1) is 18.7. The van der Waals surface area contributed by atoms with Gasteiger partial charge in [-0.1, -0.05) is 46.9 Å². The van der Waals surface area contributed by atoms with Crippen LogP contribution < -0.4 is 29.2 Å². The van der Waals surface area contributed by atoms with Gasteiger partial charge in [-0.25, -0.2) is 9.69 Å². The van der Waals surface area contributed by atoms with Crippen LogP contribution >= 0.6 is 34.8 Å². The van der Waals surface area contributed by atoms with Gasteiger partial charge in [-0.15, -0.1) is 0 Å². The van der Waals surface area contributed by atoms with E-state index in [4.69, 9.17) is 53.8 Å². The smallest absolute Gasteiger partial charge is 0.336 e. The number of benzene rings is 3. The van der Waals surface area contributed by atoms with Crippen LogP contribution in [0, 0.1) is 0 Å². The Labute approximate surface area is 238 Å². The lowest BCUT2D eigenvalue weighted by atomic mass is 10.1. The summed E-state index contributed by atoms with van der Waals surface area (Å²) in [6.45, 7) is 0.168. The number of ether oxygens (including phenoxy) is 4. The lowest BCUT2D eigenvalue weighted by Crippen LogP contribution is -2.54. The highest BCUT2D eigenvalue weighted by Crippen LogP contribution is 2.40. The molecule has 39 heavy (non-hydrogen) atoms. The minimum absolute atomic E-state index is 0.0278. The average molecular weight is 592 g/mol. The predicted molar refractivity (Wildman–Crippen MR) is 147 cm³/mol. The summed E-state index contributed by atoms with van der Waals surface area (Å²) in [6.07, 6.45) is 1.28. The van der Waals surface area contributed by atoms with Gasteiger partial charge in [-0.3, -0.25) is 14.9 Å². The fourth-order valence-electron chi connectivity index (χ4n) is 3.81. The first-order valence-corrected chi connectivity index (χ1v) is 12.4. The Hall–Kier alpha value is -3.92. The molecule has 0 radical (unpaired) electrons. The van der Waals surface area contributed by atoms with Gasteiger partial charge in [0.05, 0.1) is 37.1 Å². The minimum atomic E-state index is -0.967. The van der Waals surface area contributed by atoms with Gasteiger partial charge in [0.1, 0.15) is 23.7 Å². The van der Waals surface area contributed by atoms with E-state index in [1.807, 2.05) is 6.07 Å². The summed E-state index contributed by atoms with van der Waals surface area (Å²) in [5.41, 5.74) is 0.854. The Kier molecular flexibility index (Phi) is 8.54. The third-order valence-corrected chi connectivity index (χ3v) is 6.44.